The van der Waals surface area contributed by atoms with Crippen LogP contribution in [0.15, 0.2) is 101 Å². The van der Waals surface area contributed by atoms with E-state index in [4.69, 9.17) is 4.42 Å². The van der Waals surface area contributed by atoms with Crippen molar-refractivity contribution in [2.45, 2.75) is 52.6 Å². The Morgan fingerprint density at radius 3 is 2.37 bits per heavy atom. The van der Waals surface area contributed by atoms with Gasteiger partial charge in [0.05, 0.1) is 23.8 Å². The van der Waals surface area contributed by atoms with Gasteiger partial charge in [-0.25, -0.2) is 0 Å². The minimum absolute atomic E-state index is 0.0581. The predicted octanol–water partition coefficient (Wildman–Crippen LogP) is 6.69. The smallest absolute Gasteiger partial charge is 0.254 e. The number of amides is 2. The molecule has 1 heterocycles. The highest BCUT2D eigenvalue weighted by Gasteiger charge is 2.23. The summed E-state index contributed by atoms with van der Waals surface area (Å²) in [7, 11) is 0. The van der Waals surface area contributed by atoms with E-state index in [1.807, 2.05) is 67.6 Å². The number of rotatable bonds is 13. The number of nitrogens with zero attached hydrogens (tertiary/aromatic N) is 2. The number of unbranched alkanes of at least 4 members (excludes halogenated alkanes) is 2. The summed E-state index contributed by atoms with van der Waals surface area (Å²) in [5.41, 5.74) is 4.31. The molecule has 4 aromatic rings. The molecule has 1 aromatic heterocycles. The molecule has 0 unspecified atom stereocenters. The van der Waals surface area contributed by atoms with Crippen molar-refractivity contribution >= 4 is 22.8 Å². The van der Waals surface area contributed by atoms with E-state index in [9.17, 15) is 14.4 Å². The summed E-state index contributed by atoms with van der Waals surface area (Å²) in [6, 6.07) is 22.7. The van der Waals surface area contributed by atoms with Gasteiger partial charge in [-0.2, -0.15) is 0 Å². The molecule has 0 radical (unpaired) electrons. The molecule has 3 aromatic carbocycles. The zero-order chi connectivity index (χ0) is 29.2. The molecule has 212 valence electrons. The van der Waals surface area contributed by atoms with Gasteiger partial charge < -0.3 is 14.2 Å². The van der Waals surface area contributed by atoms with E-state index in [0.717, 1.165) is 30.4 Å². The fourth-order valence-electron chi connectivity index (χ4n) is 4.85. The Morgan fingerprint density at radius 1 is 0.902 bits per heavy atom. The van der Waals surface area contributed by atoms with Crippen molar-refractivity contribution in [1.29, 1.82) is 0 Å². The van der Waals surface area contributed by atoms with Gasteiger partial charge in [0, 0.05) is 18.7 Å². The lowest BCUT2D eigenvalue weighted by atomic mass is 10.0. The molecule has 0 saturated heterocycles. The topological polar surface area (TPSA) is 70.8 Å². The molecule has 0 atom stereocenters. The summed E-state index contributed by atoms with van der Waals surface area (Å²) in [6.07, 6.45) is 7.48. The van der Waals surface area contributed by atoms with Crippen molar-refractivity contribution in [3.63, 3.8) is 0 Å². The standard InChI is InChI=1S/C35H38N2O4/c1-4-6-8-11-27-15-17-29(18-16-27)35(40)36(20-5-2)24-33(38)37(22-28-12-9-7-10-13-28)23-30-25-41-32-19-14-26(3)21-31(32)34(30)39/h5,7,9-10,12-19,21,25H,2,4,6,8,11,20,22-24H2,1,3H3. The van der Waals surface area contributed by atoms with E-state index in [1.54, 1.807) is 23.1 Å². The van der Waals surface area contributed by atoms with Gasteiger partial charge in [0.25, 0.3) is 5.91 Å². The van der Waals surface area contributed by atoms with Gasteiger partial charge in [-0.1, -0.05) is 79.9 Å². The second kappa shape index (κ2) is 14.3. The zero-order valence-electron chi connectivity index (χ0n) is 24.0. The molecule has 0 aliphatic carbocycles. The molecule has 0 aliphatic heterocycles. The summed E-state index contributed by atoms with van der Waals surface area (Å²) in [6.45, 7) is 8.31. The van der Waals surface area contributed by atoms with E-state index in [1.165, 1.54) is 23.1 Å². The summed E-state index contributed by atoms with van der Waals surface area (Å²) < 4.78 is 5.75. The van der Waals surface area contributed by atoms with E-state index in [-0.39, 0.29) is 43.4 Å². The van der Waals surface area contributed by atoms with Crippen LogP contribution in [-0.4, -0.2) is 34.7 Å². The maximum Gasteiger partial charge on any atom is 0.254 e. The van der Waals surface area contributed by atoms with Crippen LogP contribution in [0.5, 0.6) is 0 Å². The maximum absolute atomic E-state index is 13.8. The molecule has 6 heteroatoms. The average Bonchev–Trinajstić information content (AvgIpc) is 2.99. The van der Waals surface area contributed by atoms with E-state index >= 15 is 0 Å². The molecule has 0 aliphatic rings. The molecule has 0 bridgehead atoms. The maximum atomic E-state index is 13.8. The molecule has 2 amide bonds. The number of carbonyl (C=O) groups excluding carboxylic acids is 2. The van der Waals surface area contributed by atoms with E-state index < -0.39 is 0 Å². The lowest BCUT2D eigenvalue weighted by Gasteiger charge is -2.27. The van der Waals surface area contributed by atoms with Crippen molar-refractivity contribution in [3.05, 3.63) is 130 Å². The van der Waals surface area contributed by atoms with Gasteiger partial charge in [-0.15, -0.1) is 6.58 Å². The fraction of sp³-hybridized carbons (Fsp3) is 0.286. The minimum Gasteiger partial charge on any atom is -0.464 e. The number of hydrogen-bond donors (Lipinski definition) is 0. The first-order valence-corrected chi connectivity index (χ1v) is 14.2. The summed E-state index contributed by atoms with van der Waals surface area (Å²) in [5.74, 6) is -0.511. The lowest BCUT2D eigenvalue weighted by Crippen LogP contribution is -2.43. The van der Waals surface area contributed by atoms with Gasteiger partial charge in [0.2, 0.25) is 5.91 Å². The molecule has 0 N–H and O–H groups in total. The fourth-order valence-corrected chi connectivity index (χ4v) is 4.85. The van der Waals surface area contributed by atoms with Crippen LogP contribution >= 0.6 is 0 Å². The second-order valence-corrected chi connectivity index (χ2v) is 10.5. The van der Waals surface area contributed by atoms with Crippen LogP contribution in [0.25, 0.3) is 11.0 Å². The first-order chi connectivity index (χ1) is 19.9. The van der Waals surface area contributed by atoms with Crippen molar-refractivity contribution in [3.8, 4) is 0 Å². The first-order valence-electron chi connectivity index (χ1n) is 14.2. The highest BCUT2D eigenvalue weighted by atomic mass is 16.3. The van der Waals surface area contributed by atoms with Crippen LogP contribution in [0.3, 0.4) is 0 Å². The summed E-state index contributed by atoms with van der Waals surface area (Å²) in [5, 5.41) is 0.483. The Hall–Kier alpha value is -4.45. The van der Waals surface area contributed by atoms with Crippen molar-refractivity contribution in [2.24, 2.45) is 0 Å². The third-order valence-electron chi connectivity index (χ3n) is 7.16. The second-order valence-electron chi connectivity index (χ2n) is 10.5. The Bertz CT molecular complexity index is 1540. The molecule has 0 saturated carbocycles. The predicted molar refractivity (Wildman–Crippen MR) is 164 cm³/mol. The van der Waals surface area contributed by atoms with E-state index in [0.29, 0.717) is 22.1 Å². The van der Waals surface area contributed by atoms with Crippen LogP contribution in [0.1, 0.15) is 58.8 Å². The summed E-state index contributed by atoms with van der Waals surface area (Å²) >= 11 is 0. The first kappa shape index (κ1) is 29.5. The number of fused-ring (bicyclic) bond motifs is 1. The van der Waals surface area contributed by atoms with Crippen LogP contribution in [0.2, 0.25) is 0 Å². The highest BCUT2D eigenvalue weighted by molar-refractivity contribution is 5.96. The Morgan fingerprint density at radius 2 is 1.66 bits per heavy atom. The normalized spacial score (nSPS) is 10.9. The Balaban J connectivity index is 1.56. The third kappa shape index (κ3) is 7.82. The van der Waals surface area contributed by atoms with Gasteiger partial charge in [0.15, 0.2) is 5.43 Å². The monoisotopic (exact) mass is 550 g/mol. The number of carbonyl (C=O) groups is 2. The average molecular weight is 551 g/mol. The van der Waals surface area contributed by atoms with Gasteiger partial charge >= 0.3 is 0 Å². The molecule has 0 fully saturated rings. The molecular formula is C35H38N2O4. The van der Waals surface area contributed by atoms with Gasteiger partial charge in [-0.3, -0.25) is 14.4 Å². The molecular weight excluding hydrogens is 512 g/mol. The zero-order valence-corrected chi connectivity index (χ0v) is 24.0. The van der Waals surface area contributed by atoms with Crippen LogP contribution in [0.4, 0.5) is 0 Å². The quantitative estimate of drug-likeness (QED) is 0.137. The van der Waals surface area contributed by atoms with Gasteiger partial charge in [-0.05, 0) is 55.2 Å². The molecule has 6 nitrogen and oxygen atoms in total. The molecule has 0 spiro atoms. The number of aryl methyl sites for hydroxylation is 2. The van der Waals surface area contributed by atoms with Gasteiger partial charge in [0.1, 0.15) is 12.1 Å². The SMILES string of the molecule is C=CCN(CC(=O)N(Cc1ccccc1)Cc1coc2ccc(C)cc2c1=O)C(=O)c1ccc(CCCCC)cc1. The molecule has 4 rings (SSSR count). The summed E-state index contributed by atoms with van der Waals surface area (Å²) in [4.78, 5) is 43.7. The van der Waals surface area contributed by atoms with Crippen LogP contribution in [-0.2, 0) is 24.3 Å². The largest absolute Gasteiger partial charge is 0.464 e. The highest BCUT2D eigenvalue weighted by Crippen LogP contribution is 2.17. The third-order valence-corrected chi connectivity index (χ3v) is 7.16. The Kier molecular flexibility index (Phi) is 10.3. The molecule has 41 heavy (non-hydrogen) atoms. The number of benzene rings is 3. The van der Waals surface area contributed by atoms with Crippen molar-refractivity contribution in [1.82, 2.24) is 9.80 Å². The minimum atomic E-state index is -0.274. The van der Waals surface area contributed by atoms with E-state index in [2.05, 4.69) is 13.5 Å². The Labute approximate surface area is 241 Å². The van der Waals surface area contributed by atoms with Crippen LogP contribution in [0, 0.1) is 6.92 Å². The number of hydrogen-bond acceptors (Lipinski definition) is 4. The van der Waals surface area contributed by atoms with Crippen LogP contribution < -0.4 is 5.43 Å². The van der Waals surface area contributed by atoms with Crippen molar-refractivity contribution < 1.29 is 14.0 Å². The lowest BCUT2D eigenvalue weighted by molar-refractivity contribution is -0.133. The van der Waals surface area contributed by atoms with Crippen molar-refractivity contribution in [2.75, 3.05) is 13.1 Å².